The molecule has 0 spiro atoms. The quantitative estimate of drug-likeness (QED) is 0.466. The van der Waals surface area contributed by atoms with Crippen LogP contribution in [0.5, 0.6) is 0 Å². The number of carboxylic acids is 2. The van der Waals surface area contributed by atoms with Gasteiger partial charge in [0.1, 0.15) is 11.9 Å². The summed E-state index contributed by atoms with van der Waals surface area (Å²) in [5, 5.41) is 17.6. The number of rotatable bonds is 2. The van der Waals surface area contributed by atoms with Crippen molar-refractivity contribution in [2.45, 2.75) is 12.4 Å². The maximum absolute atomic E-state index is 10.5. The zero-order chi connectivity index (χ0) is 21.1. The van der Waals surface area contributed by atoms with E-state index in [-0.39, 0.29) is 0 Å². The molecule has 0 fully saturated rings. The Kier molecular flexibility index (Phi) is 10.2. The topological polar surface area (TPSA) is 80.3 Å². The van der Waals surface area contributed by atoms with Gasteiger partial charge in [-0.3, -0.25) is 0 Å². The van der Waals surface area contributed by atoms with Crippen LogP contribution in [0.25, 0.3) is 0 Å². The van der Waals surface area contributed by atoms with Crippen molar-refractivity contribution < 1.29 is 46.1 Å². The molecule has 0 heterocycles. The minimum atomic E-state index is -5.19. The van der Waals surface area contributed by atoms with Gasteiger partial charge in [0.25, 0.3) is 0 Å². The van der Waals surface area contributed by atoms with Gasteiger partial charge < -0.3 is 19.8 Å². The Labute approximate surface area is 155 Å². The molecule has 0 aliphatic carbocycles. The van der Waals surface area contributed by atoms with E-state index in [1.165, 1.54) is 8.92 Å². The van der Waals surface area contributed by atoms with Crippen molar-refractivity contribution in [3.8, 4) is 0 Å². The van der Waals surface area contributed by atoms with Gasteiger partial charge in [-0.2, -0.15) is 26.3 Å². The average Bonchev–Trinajstić information content (AvgIpc) is 2.56. The fourth-order valence-corrected chi connectivity index (χ4v) is 2.91. The Balaban J connectivity index is 0.000000416. The molecular weight excluding hydrogens is 449 g/mol. The SMILES string of the molecule is O=C([O-])C(F)(F)F.O=C([O-])C(F)(F)F.c1ccc([Se+2]c2ccccc2)cc1. The fraction of sp³-hybridized carbons (Fsp3) is 0.125. The number of carboxylic acid groups (broad SMARTS) is 2. The van der Waals surface area contributed by atoms with E-state index < -0.39 is 24.3 Å². The summed E-state index contributed by atoms with van der Waals surface area (Å²) >= 11 is 0.461. The molecule has 0 atom stereocenters. The molecule has 0 amide bonds. The van der Waals surface area contributed by atoms with Crippen LogP contribution in [0, 0.1) is 0 Å². The Morgan fingerprint density at radius 1 is 0.630 bits per heavy atom. The normalized spacial score (nSPS) is 10.6. The molecule has 146 valence electrons. The summed E-state index contributed by atoms with van der Waals surface area (Å²) in [6.07, 6.45) is -10.4. The first kappa shape index (κ1) is 24.5. The van der Waals surface area contributed by atoms with E-state index in [2.05, 4.69) is 60.7 Å². The molecule has 27 heavy (non-hydrogen) atoms. The Hall–Kier alpha value is -2.52. The van der Waals surface area contributed by atoms with Crippen LogP contribution in [-0.4, -0.2) is 39.2 Å². The molecule has 0 bridgehead atoms. The Bertz CT molecular complexity index is 641. The van der Waals surface area contributed by atoms with E-state index in [1.54, 1.807) is 0 Å². The van der Waals surface area contributed by atoms with Crippen LogP contribution in [0.2, 0.25) is 0 Å². The zero-order valence-corrected chi connectivity index (χ0v) is 14.8. The summed E-state index contributed by atoms with van der Waals surface area (Å²) in [6, 6.07) is 21.3. The first-order valence-corrected chi connectivity index (χ1v) is 8.39. The number of alkyl halides is 6. The average molecular weight is 459 g/mol. The predicted octanol–water partition coefficient (Wildman–Crippen LogP) is -0.0612. The number of hydrogen-bond donors (Lipinski definition) is 0. The van der Waals surface area contributed by atoms with Gasteiger partial charge in [0, 0.05) is 0 Å². The van der Waals surface area contributed by atoms with E-state index in [0.29, 0.717) is 15.0 Å². The Morgan fingerprint density at radius 3 is 1.04 bits per heavy atom. The van der Waals surface area contributed by atoms with Crippen molar-refractivity contribution in [2.75, 3.05) is 0 Å². The van der Waals surface area contributed by atoms with Crippen molar-refractivity contribution >= 4 is 35.8 Å². The second-order valence-corrected chi connectivity index (χ2v) is 6.70. The van der Waals surface area contributed by atoms with E-state index >= 15 is 0 Å². The zero-order valence-electron chi connectivity index (χ0n) is 13.1. The van der Waals surface area contributed by atoms with Crippen LogP contribution in [0.15, 0.2) is 60.7 Å². The van der Waals surface area contributed by atoms with Gasteiger partial charge >= 0.3 is 96.9 Å². The van der Waals surface area contributed by atoms with Crippen LogP contribution >= 0.6 is 0 Å². The summed E-state index contributed by atoms with van der Waals surface area (Å²) in [6.45, 7) is 0. The molecular formula is C16H10F6O4Se. The summed E-state index contributed by atoms with van der Waals surface area (Å²) < 4.78 is 66.0. The molecule has 4 nitrogen and oxygen atoms in total. The third kappa shape index (κ3) is 12.5. The molecule has 2 rings (SSSR count). The summed E-state index contributed by atoms with van der Waals surface area (Å²) in [7, 11) is 0. The van der Waals surface area contributed by atoms with Gasteiger partial charge in [-0.15, -0.1) is 0 Å². The molecule has 0 saturated heterocycles. The predicted molar refractivity (Wildman–Crippen MR) is 80.0 cm³/mol. The second-order valence-electron chi connectivity index (χ2n) is 4.30. The molecule has 0 unspecified atom stereocenters. The number of carbonyl (C=O) groups is 2. The molecule has 0 N–H and O–H groups in total. The number of halogens is 6. The van der Waals surface area contributed by atoms with Gasteiger partial charge in [-0.25, -0.2) is 0 Å². The number of aliphatic carboxylic acids is 2. The first-order chi connectivity index (χ1) is 12.3. The van der Waals surface area contributed by atoms with Gasteiger partial charge in [-0.1, -0.05) is 0 Å². The standard InChI is InChI=1S/C12H10Se.2C2HF3O2/c1-3-7-11(8-4-1)13-12-9-5-2-6-10-12;2*3-2(4,5)1(6)7/h1-10H;2*(H,6,7)/q+2;;/p-2. The molecule has 0 aromatic heterocycles. The molecule has 0 saturated carbocycles. The van der Waals surface area contributed by atoms with Crippen molar-refractivity contribution in [2.24, 2.45) is 0 Å². The van der Waals surface area contributed by atoms with Crippen LogP contribution in [0.3, 0.4) is 0 Å². The third-order valence-electron chi connectivity index (χ3n) is 2.19. The number of carbonyl (C=O) groups excluding carboxylic acids is 2. The fourth-order valence-electron chi connectivity index (χ4n) is 1.11. The minimum absolute atomic E-state index is 0.461. The molecule has 0 aliphatic heterocycles. The molecule has 0 aliphatic rings. The van der Waals surface area contributed by atoms with Crippen LogP contribution in [0.1, 0.15) is 0 Å². The number of benzene rings is 2. The van der Waals surface area contributed by atoms with Gasteiger partial charge in [0.2, 0.25) is 0 Å². The van der Waals surface area contributed by atoms with Crippen LogP contribution in [0.4, 0.5) is 26.3 Å². The van der Waals surface area contributed by atoms with Crippen LogP contribution < -0.4 is 19.1 Å². The van der Waals surface area contributed by atoms with E-state index in [4.69, 9.17) is 19.8 Å². The van der Waals surface area contributed by atoms with Gasteiger partial charge in [0.15, 0.2) is 0 Å². The van der Waals surface area contributed by atoms with Crippen molar-refractivity contribution in [1.82, 2.24) is 0 Å². The molecule has 2 aromatic carbocycles. The number of hydrogen-bond acceptors (Lipinski definition) is 4. The summed E-state index contributed by atoms with van der Waals surface area (Å²) in [5.74, 6) is -6.01. The first-order valence-electron chi connectivity index (χ1n) is 6.68. The summed E-state index contributed by atoms with van der Waals surface area (Å²) in [4.78, 5) is 17.6. The Morgan fingerprint density at radius 2 is 0.852 bits per heavy atom. The summed E-state index contributed by atoms with van der Waals surface area (Å²) in [5.41, 5.74) is 0. The molecule has 2 aromatic rings. The second kappa shape index (κ2) is 11.2. The van der Waals surface area contributed by atoms with Crippen molar-refractivity contribution in [1.29, 1.82) is 0 Å². The maximum atomic E-state index is 10.5. The van der Waals surface area contributed by atoms with Gasteiger partial charge in [0.05, 0.1) is 0 Å². The monoisotopic (exact) mass is 460 g/mol. The molecule has 11 heteroatoms. The third-order valence-corrected chi connectivity index (χ3v) is 4.32. The van der Waals surface area contributed by atoms with Crippen LogP contribution in [-0.2, 0) is 9.59 Å². The van der Waals surface area contributed by atoms with Gasteiger partial charge in [-0.05, 0) is 0 Å². The van der Waals surface area contributed by atoms with Crippen molar-refractivity contribution in [3.63, 3.8) is 0 Å². The van der Waals surface area contributed by atoms with E-state index in [1.807, 2.05) is 0 Å². The molecule has 2 radical (unpaired) electrons. The van der Waals surface area contributed by atoms with Crippen molar-refractivity contribution in [3.05, 3.63) is 60.7 Å². The van der Waals surface area contributed by atoms with E-state index in [9.17, 15) is 26.3 Å². The van der Waals surface area contributed by atoms with E-state index in [0.717, 1.165) is 0 Å².